The average Bonchev–Trinajstić information content (AvgIpc) is 2.53. The van der Waals surface area contributed by atoms with Crippen LogP contribution in [-0.4, -0.2) is 30.0 Å². The van der Waals surface area contributed by atoms with Crippen molar-refractivity contribution in [1.29, 1.82) is 0 Å². The molecule has 4 bridgehead atoms. The first-order chi connectivity index (χ1) is 10.7. The predicted molar refractivity (Wildman–Crippen MR) is 82.5 cm³/mol. The normalized spacial score (nSPS) is 35.5. The van der Waals surface area contributed by atoms with Crippen LogP contribution in [-0.2, 0) is 4.79 Å². The van der Waals surface area contributed by atoms with Gasteiger partial charge in [-0.2, -0.15) is 0 Å². The highest BCUT2D eigenvalue weighted by Gasteiger charge is 2.51. The standard InChI is InChI=1S/C17H23N3O2/c1-20(17-18-8-14(22-2)9-19-17)16(21)15-12-4-10-3-11(6-12)7-13(15)5-10/h8-13,15H,3-7H2,1-2H3. The molecule has 1 amide bonds. The molecule has 0 saturated heterocycles. The van der Waals surface area contributed by atoms with Gasteiger partial charge in [0.15, 0.2) is 5.75 Å². The second kappa shape index (κ2) is 5.21. The molecule has 4 aliphatic carbocycles. The van der Waals surface area contributed by atoms with E-state index in [4.69, 9.17) is 4.74 Å². The Labute approximate surface area is 131 Å². The molecule has 4 aliphatic rings. The van der Waals surface area contributed by atoms with E-state index in [1.165, 1.54) is 32.1 Å². The maximum atomic E-state index is 13.0. The van der Waals surface area contributed by atoms with Gasteiger partial charge in [-0.1, -0.05) is 0 Å². The first-order valence-corrected chi connectivity index (χ1v) is 8.29. The van der Waals surface area contributed by atoms with Gasteiger partial charge in [0.05, 0.1) is 19.5 Å². The number of amides is 1. The van der Waals surface area contributed by atoms with E-state index in [0.29, 0.717) is 23.5 Å². The lowest BCUT2D eigenvalue weighted by Gasteiger charge is -2.54. The summed E-state index contributed by atoms with van der Waals surface area (Å²) in [5.74, 6) is 4.42. The topological polar surface area (TPSA) is 55.3 Å². The van der Waals surface area contributed by atoms with Gasteiger partial charge in [-0.05, 0) is 55.8 Å². The maximum Gasteiger partial charge on any atom is 0.232 e. The molecular formula is C17H23N3O2. The quantitative estimate of drug-likeness (QED) is 0.861. The van der Waals surface area contributed by atoms with E-state index >= 15 is 0 Å². The molecule has 0 aliphatic heterocycles. The fraction of sp³-hybridized carbons (Fsp3) is 0.706. The van der Waals surface area contributed by atoms with Crippen LogP contribution in [0.15, 0.2) is 12.4 Å². The summed E-state index contributed by atoms with van der Waals surface area (Å²) < 4.78 is 5.07. The van der Waals surface area contributed by atoms with Crippen LogP contribution < -0.4 is 9.64 Å². The van der Waals surface area contributed by atoms with Gasteiger partial charge in [0.1, 0.15) is 0 Å². The Balaban J connectivity index is 1.53. The Morgan fingerprint density at radius 1 is 1.09 bits per heavy atom. The second-order valence-corrected chi connectivity index (χ2v) is 7.28. The highest BCUT2D eigenvalue weighted by molar-refractivity contribution is 5.93. The van der Waals surface area contributed by atoms with E-state index in [0.717, 1.165) is 11.8 Å². The lowest BCUT2D eigenvalue weighted by molar-refractivity contribution is -0.135. The molecule has 0 atom stereocenters. The van der Waals surface area contributed by atoms with Crippen molar-refractivity contribution in [3.05, 3.63) is 12.4 Å². The lowest BCUT2D eigenvalue weighted by atomic mass is 9.51. The number of hydrogen-bond acceptors (Lipinski definition) is 4. The zero-order chi connectivity index (χ0) is 15.3. The molecule has 0 radical (unpaired) electrons. The third kappa shape index (κ3) is 2.18. The highest BCUT2D eigenvalue weighted by atomic mass is 16.5. The largest absolute Gasteiger partial charge is 0.494 e. The minimum Gasteiger partial charge on any atom is -0.494 e. The van der Waals surface area contributed by atoms with Gasteiger partial charge in [0.25, 0.3) is 0 Å². The van der Waals surface area contributed by atoms with E-state index in [9.17, 15) is 4.79 Å². The van der Waals surface area contributed by atoms with E-state index in [1.54, 1.807) is 31.5 Å². The van der Waals surface area contributed by atoms with Crippen molar-refractivity contribution in [3.8, 4) is 5.75 Å². The zero-order valence-electron chi connectivity index (χ0n) is 13.2. The summed E-state index contributed by atoms with van der Waals surface area (Å²) in [4.78, 5) is 23.2. The van der Waals surface area contributed by atoms with Crippen molar-refractivity contribution >= 4 is 11.9 Å². The number of hydrogen-bond donors (Lipinski definition) is 0. The summed E-state index contributed by atoms with van der Waals surface area (Å²) in [7, 11) is 3.39. The summed E-state index contributed by atoms with van der Waals surface area (Å²) in [6.45, 7) is 0. The fourth-order valence-corrected chi connectivity index (χ4v) is 5.24. The number of carbonyl (C=O) groups excluding carboxylic acids is 1. The summed E-state index contributed by atoms with van der Waals surface area (Å²) in [5, 5.41) is 0. The van der Waals surface area contributed by atoms with Crippen LogP contribution in [0, 0.1) is 29.6 Å². The van der Waals surface area contributed by atoms with Gasteiger partial charge in [-0.15, -0.1) is 0 Å². The van der Waals surface area contributed by atoms with Crippen LogP contribution in [0.4, 0.5) is 5.95 Å². The van der Waals surface area contributed by atoms with Crippen molar-refractivity contribution in [2.75, 3.05) is 19.1 Å². The number of aromatic nitrogens is 2. The van der Waals surface area contributed by atoms with Crippen LogP contribution in [0.2, 0.25) is 0 Å². The summed E-state index contributed by atoms with van der Waals surface area (Å²) in [5.41, 5.74) is 0. The van der Waals surface area contributed by atoms with Crippen LogP contribution >= 0.6 is 0 Å². The van der Waals surface area contributed by atoms with Crippen LogP contribution in [0.3, 0.4) is 0 Å². The number of ether oxygens (including phenoxy) is 1. The van der Waals surface area contributed by atoms with Crippen LogP contribution in [0.5, 0.6) is 5.75 Å². The fourth-order valence-electron chi connectivity index (χ4n) is 5.24. The van der Waals surface area contributed by atoms with Gasteiger partial charge in [-0.3, -0.25) is 9.69 Å². The number of anilines is 1. The maximum absolute atomic E-state index is 13.0. The molecule has 22 heavy (non-hydrogen) atoms. The van der Waals surface area contributed by atoms with Crippen molar-refractivity contribution in [2.45, 2.75) is 32.1 Å². The van der Waals surface area contributed by atoms with Gasteiger partial charge in [0, 0.05) is 13.0 Å². The van der Waals surface area contributed by atoms with Crippen LogP contribution in [0.1, 0.15) is 32.1 Å². The van der Waals surface area contributed by atoms with Crippen molar-refractivity contribution in [1.82, 2.24) is 9.97 Å². The van der Waals surface area contributed by atoms with E-state index in [-0.39, 0.29) is 11.8 Å². The predicted octanol–water partition coefficient (Wildman–Crippen LogP) is 2.52. The van der Waals surface area contributed by atoms with Crippen molar-refractivity contribution in [2.24, 2.45) is 29.6 Å². The molecule has 0 spiro atoms. The molecule has 118 valence electrons. The van der Waals surface area contributed by atoms with Gasteiger partial charge >= 0.3 is 0 Å². The highest BCUT2D eigenvalue weighted by Crippen LogP contribution is 2.56. The van der Waals surface area contributed by atoms with E-state index < -0.39 is 0 Å². The Morgan fingerprint density at radius 2 is 1.64 bits per heavy atom. The second-order valence-electron chi connectivity index (χ2n) is 7.28. The summed E-state index contributed by atoms with van der Waals surface area (Å²) in [6, 6.07) is 0. The van der Waals surface area contributed by atoms with Crippen molar-refractivity contribution in [3.63, 3.8) is 0 Å². The number of methoxy groups -OCH3 is 1. The first kappa shape index (κ1) is 14.0. The number of rotatable bonds is 3. The third-order valence-corrected chi connectivity index (χ3v) is 5.99. The smallest absolute Gasteiger partial charge is 0.232 e. The Bertz CT molecular complexity index is 544. The molecule has 4 fully saturated rings. The number of carbonyl (C=O) groups is 1. The van der Waals surface area contributed by atoms with Crippen molar-refractivity contribution < 1.29 is 9.53 Å². The van der Waals surface area contributed by atoms with E-state index in [1.807, 2.05) is 0 Å². The Morgan fingerprint density at radius 3 is 2.14 bits per heavy atom. The molecule has 1 aromatic heterocycles. The minimum atomic E-state index is 0.184. The lowest BCUT2D eigenvalue weighted by Crippen LogP contribution is -2.51. The van der Waals surface area contributed by atoms with Gasteiger partial charge < -0.3 is 4.74 Å². The van der Waals surface area contributed by atoms with Crippen LogP contribution in [0.25, 0.3) is 0 Å². The number of nitrogens with zero attached hydrogens (tertiary/aromatic N) is 3. The summed E-state index contributed by atoms with van der Waals surface area (Å²) >= 11 is 0. The molecule has 0 N–H and O–H groups in total. The summed E-state index contributed by atoms with van der Waals surface area (Å²) in [6.07, 6.45) is 9.64. The van der Waals surface area contributed by atoms with Gasteiger partial charge in [-0.25, -0.2) is 9.97 Å². The SMILES string of the molecule is COc1cnc(N(C)C(=O)C2C3CC4CC(C3)CC2C4)nc1. The molecule has 5 heteroatoms. The monoisotopic (exact) mass is 301 g/mol. The average molecular weight is 301 g/mol. The first-order valence-electron chi connectivity index (χ1n) is 8.29. The zero-order valence-corrected chi connectivity index (χ0v) is 13.2. The molecule has 1 heterocycles. The minimum absolute atomic E-state index is 0.184. The molecule has 4 saturated carbocycles. The molecule has 1 aromatic rings. The Kier molecular flexibility index (Phi) is 3.31. The van der Waals surface area contributed by atoms with Gasteiger partial charge in [0.2, 0.25) is 11.9 Å². The molecule has 0 unspecified atom stereocenters. The third-order valence-electron chi connectivity index (χ3n) is 5.99. The molecule has 5 rings (SSSR count). The Hall–Kier alpha value is -1.65. The molecular weight excluding hydrogens is 278 g/mol. The molecule has 0 aromatic carbocycles. The molecule has 5 nitrogen and oxygen atoms in total. The van der Waals surface area contributed by atoms with E-state index in [2.05, 4.69) is 9.97 Å².